The first-order valence-corrected chi connectivity index (χ1v) is 4.89. The van der Waals surface area contributed by atoms with Crippen LogP contribution in [-0.4, -0.2) is 23.7 Å². The minimum atomic E-state index is -0.625. The molecule has 1 unspecified atom stereocenters. The number of pyridine rings is 1. The molecule has 0 aliphatic heterocycles. The summed E-state index contributed by atoms with van der Waals surface area (Å²) in [5, 5.41) is 0. The molecule has 0 bridgehead atoms. The number of aromatic nitrogens is 1. The Balaban J connectivity index is 2.54. The zero-order chi connectivity index (χ0) is 11.3. The minimum absolute atomic E-state index is 0.355. The van der Waals surface area contributed by atoms with Crippen LogP contribution in [0.2, 0.25) is 0 Å². The van der Waals surface area contributed by atoms with Crippen molar-refractivity contribution in [1.29, 1.82) is 0 Å². The van der Waals surface area contributed by atoms with Crippen LogP contribution in [0.4, 0.5) is 0 Å². The smallest absolute Gasteiger partial charge is 0.347 e. The number of nitrogens with zero attached hydrogens (tertiary/aromatic N) is 1. The van der Waals surface area contributed by atoms with Crippen molar-refractivity contribution < 1.29 is 14.3 Å². The first kappa shape index (κ1) is 11.5. The topological polar surface area (TPSA) is 48.4 Å². The van der Waals surface area contributed by atoms with Crippen LogP contribution in [-0.2, 0) is 9.53 Å². The molecule has 0 spiro atoms. The Labute approximate surface area is 89.2 Å². The highest BCUT2D eigenvalue weighted by Crippen LogP contribution is 2.09. The molecular weight excluding hydrogens is 194 g/mol. The molecule has 0 fully saturated rings. The van der Waals surface area contributed by atoms with Gasteiger partial charge in [0.25, 0.3) is 0 Å². The molecule has 1 heterocycles. The van der Waals surface area contributed by atoms with Crippen molar-refractivity contribution in [2.24, 2.45) is 0 Å². The Morgan fingerprint density at radius 3 is 2.80 bits per heavy atom. The van der Waals surface area contributed by atoms with E-state index in [0.29, 0.717) is 12.5 Å². The largest absolute Gasteiger partial charge is 0.463 e. The fraction of sp³-hybridized carbons (Fsp3) is 0.455. The summed E-state index contributed by atoms with van der Waals surface area (Å²) < 4.78 is 10.1. The maximum absolute atomic E-state index is 11.2. The van der Waals surface area contributed by atoms with E-state index in [9.17, 15) is 4.79 Å². The zero-order valence-electron chi connectivity index (χ0n) is 9.19. The molecule has 0 aromatic carbocycles. The van der Waals surface area contributed by atoms with Crippen LogP contribution < -0.4 is 4.74 Å². The van der Waals surface area contributed by atoms with Gasteiger partial charge in [0, 0.05) is 12.3 Å². The van der Waals surface area contributed by atoms with Gasteiger partial charge in [0.1, 0.15) is 0 Å². The molecule has 82 valence electrons. The fourth-order valence-electron chi connectivity index (χ4n) is 1.01. The first-order chi connectivity index (χ1) is 7.13. The van der Waals surface area contributed by atoms with Gasteiger partial charge in [-0.05, 0) is 26.3 Å². The molecule has 0 amide bonds. The fourth-order valence-corrected chi connectivity index (χ4v) is 1.01. The lowest BCUT2D eigenvalue weighted by Crippen LogP contribution is -2.26. The summed E-state index contributed by atoms with van der Waals surface area (Å²) in [7, 11) is 0. The van der Waals surface area contributed by atoms with E-state index in [2.05, 4.69) is 4.98 Å². The number of hydrogen-bond donors (Lipinski definition) is 0. The summed E-state index contributed by atoms with van der Waals surface area (Å²) in [5.74, 6) is 0.0565. The van der Waals surface area contributed by atoms with Gasteiger partial charge in [0.2, 0.25) is 5.88 Å². The molecule has 0 aliphatic carbocycles. The predicted molar refractivity (Wildman–Crippen MR) is 55.7 cm³/mol. The summed E-state index contributed by atoms with van der Waals surface area (Å²) in [5.41, 5.74) is 1.05. The van der Waals surface area contributed by atoms with Crippen molar-refractivity contribution in [2.45, 2.75) is 26.9 Å². The summed E-state index contributed by atoms with van der Waals surface area (Å²) >= 11 is 0. The molecule has 1 aromatic rings. The van der Waals surface area contributed by atoms with E-state index in [1.807, 2.05) is 13.0 Å². The van der Waals surface area contributed by atoms with E-state index in [1.54, 1.807) is 26.1 Å². The highest BCUT2D eigenvalue weighted by atomic mass is 16.6. The van der Waals surface area contributed by atoms with Crippen molar-refractivity contribution >= 4 is 5.97 Å². The number of hydrogen-bond acceptors (Lipinski definition) is 4. The number of ether oxygens (including phenoxy) is 2. The van der Waals surface area contributed by atoms with Crippen LogP contribution in [0.1, 0.15) is 19.4 Å². The van der Waals surface area contributed by atoms with Crippen LogP contribution >= 0.6 is 0 Å². The monoisotopic (exact) mass is 209 g/mol. The van der Waals surface area contributed by atoms with Crippen molar-refractivity contribution in [3.05, 3.63) is 23.9 Å². The van der Waals surface area contributed by atoms with Crippen LogP contribution in [0.15, 0.2) is 18.3 Å². The maximum atomic E-state index is 11.2. The third-order valence-electron chi connectivity index (χ3n) is 1.80. The van der Waals surface area contributed by atoms with Gasteiger partial charge in [0.15, 0.2) is 6.10 Å². The Hall–Kier alpha value is -1.58. The highest BCUT2D eigenvalue weighted by molar-refractivity contribution is 5.74. The molecule has 0 radical (unpaired) electrons. The minimum Gasteiger partial charge on any atom is -0.463 e. The van der Waals surface area contributed by atoms with E-state index in [4.69, 9.17) is 9.47 Å². The maximum Gasteiger partial charge on any atom is 0.347 e. The molecule has 4 heteroatoms. The Bertz CT molecular complexity index is 321. The molecular formula is C11H15NO3. The number of esters is 1. The van der Waals surface area contributed by atoms with Crippen molar-refractivity contribution in [2.75, 3.05) is 6.61 Å². The average Bonchev–Trinajstić information content (AvgIpc) is 2.22. The van der Waals surface area contributed by atoms with Gasteiger partial charge in [-0.15, -0.1) is 0 Å². The molecule has 0 saturated heterocycles. The molecule has 0 saturated carbocycles. The van der Waals surface area contributed by atoms with E-state index >= 15 is 0 Å². The standard InChI is InChI=1S/C11H15NO3/c1-4-14-11(13)9(3)15-10-6-5-8(2)7-12-10/h5-7,9H,4H2,1-3H3. The highest BCUT2D eigenvalue weighted by Gasteiger charge is 2.15. The zero-order valence-corrected chi connectivity index (χ0v) is 9.19. The lowest BCUT2D eigenvalue weighted by molar-refractivity contribution is -0.150. The summed E-state index contributed by atoms with van der Waals surface area (Å²) in [6, 6.07) is 3.60. The van der Waals surface area contributed by atoms with Crippen LogP contribution in [0.25, 0.3) is 0 Å². The van der Waals surface area contributed by atoms with Crippen LogP contribution in [0.5, 0.6) is 5.88 Å². The SMILES string of the molecule is CCOC(=O)C(C)Oc1ccc(C)cn1. The van der Waals surface area contributed by atoms with Crippen LogP contribution in [0.3, 0.4) is 0 Å². The van der Waals surface area contributed by atoms with Gasteiger partial charge in [-0.3, -0.25) is 0 Å². The normalized spacial score (nSPS) is 11.9. The van der Waals surface area contributed by atoms with E-state index in [1.165, 1.54) is 0 Å². The second-order valence-electron chi connectivity index (χ2n) is 3.19. The van der Waals surface area contributed by atoms with Gasteiger partial charge in [-0.1, -0.05) is 6.07 Å². The quantitative estimate of drug-likeness (QED) is 0.708. The first-order valence-electron chi connectivity index (χ1n) is 4.89. The Kier molecular flexibility index (Phi) is 4.09. The van der Waals surface area contributed by atoms with E-state index in [-0.39, 0.29) is 5.97 Å². The van der Waals surface area contributed by atoms with Gasteiger partial charge in [-0.25, -0.2) is 9.78 Å². The van der Waals surface area contributed by atoms with E-state index in [0.717, 1.165) is 5.56 Å². The molecule has 0 N–H and O–H groups in total. The van der Waals surface area contributed by atoms with Crippen molar-refractivity contribution in [3.63, 3.8) is 0 Å². The number of aryl methyl sites for hydroxylation is 1. The van der Waals surface area contributed by atoms with Crippen molar-refractivity contribution in [1.82, 2.24) is 4.98 Å². The molecule has 1 rings (SSSR count). The van der Waals surface area contributed by atoms with Gasteiger partial charge in [-0.2, -0.15) is 0 Å². The summed E-state index contributed by atoms with van der Waals surface area (Å²) in [4.78, 5) is 15.3. The molecule has 1 aromatic heterocycles. The Morgan fingerprint density at radius 1 is 1.53 bits per heavy atom. The van der Waals surface area contributed by atoms with Crippen molar-refractivity contribution in [3.8, 4) is 5.88 Å². The second-order valence-corrected chi connectivity index (χ2v) is 3.19. The van der Waals surface area contributed by atoms with Gasteiger partial charge < -0.3 is 9.47 Å². The van der Waals surface area contributed by atoms with Gasteiger partial charge >= 0.3 is 5.97 Å². The third-order valence-corrected chi connectivity index (χ3v) is 1.80. The lowest BCUT2D eigenvalue weighted by atomic mass is 10.3. The predicted octanol–water partition coefficient (Wildman–Crippen LogP) is 1.72. The Morgan fingerprint density at radius 2 is 2.27 bits per heavy atom. The molecule has 15 heavy (non-hydrogen) atoms. The molecule has 0 aliphatic rings. The average molecular weight is 209 g/mol. The summed E-state index contributed by atoms with van der Waals surface area (Å²) in [6.45, 7) is 5.69. The van der Waals surface area contributed by atoms with Gasteiger partial charge in [0.05, 0.1) is 6.61 Å². The number of carbonyl (C=O) groups is 1. The number of rotatable bonds is 4. The molecule has 4 nitrogen and oxygen atoms in total. The van der Waals surface area contributed by atoms with E-state index < -0.39 is 6.10 Å². The third kappa shape index (κ3) is 3.58. The second kappa shape index (κ2) is 5.34. The van der Waals surface area contributed by atoms with Crippen LogP contribution in [0, 0.1) is 6.92 Å². The molecule has 1 atom stereocenters. The lowest BCUT2D eigenvalue weighted by Gasteiger charge is -2.12. The number of carbonyl (C=O) groups excluding carboxylic acids is 1. The summed E-state index contributed by atoms with van der Waals surface area (Å²) in [6.07, 6.45) is 1.06.